The molecule has 0 fully saturated rings. The van der Waals surface area contributed by atoms with Gasteiger partial charge in [-0.1, -0.05) is 44.2 Å². The number of aliphatic hydroxyl groups is 1. The summed E-state index contributed by atoms with van der Waals surface area (Å²) in [6.45, 7) is 7.80. The maximum absolute atomic E-state index is 11.7. The zero-order chi connectivity index (χ0) is 15.5. The number of aliphatic hydroxyl groups excluding tert-OH is 1. The van der Waals surface area contributed by atoms with Gasteiger partial charge in [-0.3, -0.25) is 4.79 Å². The first-order valence-corrected chi connectivity index (χ1v) is 7.57. The van der Waals surface area contributed by atoms with E-state index in [0.717, 1.165) is 18.7 Å². The molecule has 0 bridgehead atoms. The molecule has 118 valence electrons. The van der Waals surface area contributed by atoms with Gasteiger partial charge in [0.25, 0.3) is 0 Å². The lowest BCUT2D eigenvalue weighted by atomic mass is 10.2. The molecular formula is C16H27N3O2. The van der Waals surface area contributed by atoms with E-state index in [1.807, 2.05) is 30.3 Å². The number of nitrogens with zero attached hydrogens (tertiary/aromatic N) is 1. The van der Waals surface area contributed by atoms with Crippen molar-refractivity contribution in [3.63, 3.8) is 0 Å². The van der Waals surface area contributed by atoms with E-state index in [9.17, 15) is 9.90 Å². The predicted molar refractivity (Wildman–Crippen MR) is 85.0 cm³/mol. The van der Waals surface area contributed by atoms with Gasteiger partial charge in [-0.2, -0.15) is 0 Å². The van der Waals surface area contributed by atoms with Gasteiger partial charge in [0.15, 0.2) is 0 Å². The van der Waals surface area contributed by atoms with Crippen molar-refractivity contribution >= 4 is 5.91 Å². The van der Waals surface area contributed by atoms with Gasteiger partial charge in [0.2, 0.25) is 5.91 Å². The van der Waals surface area contributed by atoms with E-state index in [2.05, 4.69) is 29.4 Å². The standard InChI is InChI=1S/C16H27N3O2/c1-3-19(4-2)13-15(20)11-17-12-16(21)18-10-14-8-6-5-7-9-14/h5-9,15,17,20H,3-4,10-13H2,1-2H3,(H,18,21). The highest BCUT2D eigenvalue weighted by molar-refractivity contribution is 5.77. The largest absolute Gasteiger partial charge is 0.390 e. The maximum atomic E-state index is 11.7. The fourth-order valence-corrected chi connectivity index (χ4v) is 2.06. The fraction of sp³-hybridized carbons (Fsp3) is 0.562. The van der Waals surface area contributed by atoms with Crippen molar-refractivity contribution in [2.24, 2.45) is 0 Å². The first-order valence-electron chi connectivity index (χ1n) is 7.57. The highest BCUT2D eigenvalue weighted by Crippen LogP contribution is 1.96. The first-order chi connectivity index (χ1) is 10.2. The van der Waals surface area contributed by atoms with E-state index >= 15 is 0 Å². The molecule has 0 aliphatic rings. The zero-order valence-corrected chi connectivity index (χ0v) is 13.0. The molecule has 0 aliphatic carbocycles. The van der Waals surface area contributed by atoms with Gasteiger partial charge >= 0.3 is 0 Å². The number of rotatable bonds is 10. The lowest BCUT2D eigenvalue weighted by Gasteiger charge is -2.21. The lowest BCUT2D eigenvalue weighted by molar-refractivity contribution is -0.120. The molecular weight excluding hydrogens is 266 g/mol. The Bertz CT molecular complexity index is 394. The monoisotopic (exact) mass is 293 g/mol. The summed E-state index contributed by atoms with van der Waals surface area (Å²) >= 11 is 0. The van der Waals surface area contributed by atoms with Crippen LogP contribution in [0.25, 0.3) is 0 Å². The smallest absolute Gasteiger partial charge is 0.234 e. The minimum atomic E-state index is -0.452. The van der Waals surface area contributed by atoms with Crippen LogP contribution in [-0.4, -0.2) is 54.7 Å². The summed E-state index contributed by atoms with van der Waals surface area (Å²) in [6.07, 6.45) is -0.452. The second-order valence-corrected chi connectivity index (χ2v) is 5.03. The van der Waals surface area contributed by atoms with Gasteiger partial charge in [-0.05, 0) is 18.7 Å². The summed E-state index contributed by atoms with van der Waals surface area (Å²) in [5, 5.41) is 15.7. The topological polar surface area (TPSA) is 64.6 Å². The third-order valence-corrected chi connectivity index (χ3v) is 3.36. The molecule has 21 heavy (non-hydrogen) atoms. The summed E-state index contributed by atoms with van der Waals surface area (Å²) in [5.74, 6) is -0.0612. The molecule has 0 aromatic heterocycles. The highest BCUT2D eigenvalue weighted by Gasteiger charge is 2.09. The second kappa shape index (κ2) is 10.3. The first kappa shape index (κ1) is 17.6. The molecule has 5 nitrogen and oxygen atoms in total. The minimum Gasteiger partial charge on any atom is -0.390 e. The van der Waals surface area contributed by atoms with Gasteiger partial charge in [0.05, 0.1) is 12.6 Å². The summed E-state index contributed by atoms with van der Waals surface area (Å²) in [6, 6.07) is 9.79. The number of carbonyl (C=O) groups is 1. The molecule has 0 saturated heterocycles. The van der Waals surface area contributed by atoms with Crippen LogP contribution in [0.15, 0.2) is 30.3 Å². The van der Waals surface area contributed by atoms with Gasteiger partial charge in [-0.15, -0.1) is 0 Å². The maximum Gasteiger partial charge on any atom is 0.234 e. The van der Waals surface area contributed by atoms with Gasteiger partial charge < -0.3 is 20.6 Å². The molecule has 1 rings (SSSR count). The van der Waals surface area contributed by atoms with Crippen LogP contribution in [0.2, 0.25) is 0 Å². The zero-order valence-electron chi connectivity index (χ0n) is 13.0. The highest BCUT2D eigenvalue weighted by atomic mass is 16.3. The molecule has 1 aromatic rings. The molecule has 1 amide bonds. The van der Waals surface area contributed by atoms with Crippen molar-refractivity contribution in [2.45, 2.75) is 26.5 Å². The average molecular weight is 293 g/mol. The minimum absolute atomic E-state index is 0.0612. The fourth-order valence-electron chi connectivity index (χ4n) is 2.06. The molecule has 5 heteroatoms. The van der Waals surface area contributed by atoms with Gasteiger partial charge in [0, 0.05) is 19.6 Å². The molecule has 0 aliphatic heterocycles. The number of hydrogen-bond donors (Lipinski definition) is 3. The van der Waals surface area contributed by atoms with Crippen molar-refractivity contribution in [3.05, 3.63) is 35.9 Å². The number of nitrogens with one attached hydrogen (secondary N) is 2. The summed E-state index contributed by atoms with van der Waals surface area (Å²) in [4.78, 5) is 13.8. The molecule has 3 N–H and O–H groups in total. The number of amides is 1. The third kappa shape index (κ3) is 7.80. The van der Waals surface area contributed by atoms with Crippen LogP contribution in [0.3, 0.4) is 0 Å². The van der Waals surface area contributed by atoms with Crippen LogP contribution in [0.4, 0.5) is 0 Å². The summed E-state index contributed by atoms with van der Waals surface area (Å²) in [5.41, 5.74) is 1.08. The van der Waals surface area contributed by atoms with Gasteiger partial charge in [0.1, 0.15) is 0 Å². The summed E-state index contributed by atoms with van der Waals surface area (Å²) < 4.78 is 0. The summed E-state index contributed by atoms with van der Waals surface area (Å²) in [7, 11) is 0. The molecule has 0 heterocycles. The Labute approximate surface area is 127 Å². The third-order valence-electron chi connectivity index (χ3n) is 3.36. The number of carbonyl (C=O) groups excluding carboxylic acids is 1. The van der Waals surface area contributed by atoms with Crippen LogP contribution in [0.5, 0.6) is 0 Å². The lowest BCUT2D eigenvalue weighted by Crippen LogP contribution is -2.41. The van der Waals surface area contributed by atoms with Crippen LogP contribution < -0.4 is 10.6 Å². The van der Waals surface area contributed by atoms with E-state index in [1.165, 1.54) is 0 Å². The Morgan fingerprint density at radius 3 is 2.52 bits per heavy atom. The Balaban J connectivity index is 2.13. The van der Waals surface area contributed by atoms with E-state index in [0.29, 0.717) is 19.6 Å². The van der Waals surface area contributed by atoms with Crippen LogP contribution in [-0.2, 0) is 11.3 Å². The van der Waals surface area contributed by atoms with Crippen LogP contribution >= 0.6 is 0 Å². The second-order valence-electron chi connectivity index (χ2n) is 5.03. The van der Waals surface area contributed by atoms with Crippen molar-refractivity contribution < 1.29 is 9.90 Å². The average Bonchev–Trinajstić information content (AvgIpc) is 2.51. The van der Waals surface area contributed by atoms with E-state index in [-0.39, 0.29) is 12.5 Å². The number of likely N-dealkylation sites (N-methyl/N-ethyl adjacent to an activating group) is 1. The molecule has 0 saturated carbocycles. The van der Waals surface area contributed by atoms with Crippen LogP contribution in [0.1, 0.15) is 19.4 Å². The molecule has 0 radical (unpaired) electrons. The quantitative estimate of drug-likeness (QED) is 0.591. The van der Waals surface area contributed by atoms with Gasteiger partial charge in [-0.25, -0.2) is 0 Å². The molecule has 1 atom stereocenters. The van der Waals surface area contributed by atoms with Crippen molar-refractivity contribution in [2.75, 3.05) is 32.7 Å². The van der Waals surface area contributed by atoms with Crippen LogP contribution in [0, 0.1) is 0 Å². The van der Waals surface area contributed by atoms with Crippen molar-refractivity contribution in [3.8, 4) is 0 Å². The Kier molecular flexibility index (Phi) is 8.66. The molecule has 1 unspecified atom stereocenters. The predicted octanol–water partition coefficient (Wildman–Crippen LogP) is 0.595. The van der Waals surface area contributed by atoms with E-state index in [4.69, 9.17) is 0 Å². The Hall–Kier alpha value is -1.43. The normalized spacial score (nSPS) is 12.4. The van der Waals surface area contributed by atoms with E-state index < -0.39 is 6.10 Å². The van der Waals surface area contributed by atoms with Crippen molar-refractivity contribution in [1.29, 1.82) is 0 Å². The SMILES string of the molecule is CCN(CC)CC(O)CNCC(=O)NCc1ccccc1. The molecule has 0 spiro atoms. The number of hydrogen-bond acceptors (Lipinski definition) is 4. The van der Waals surface area contributed by atoms with E-state index in [1.54, 1.807) is 0 Å². The molecule has 1 aromatic carbocycles. The Morgan fingerprint density at radius 1 is 1.24 bits per heavy atom. The Morgan fingerprint density at radius 2 is 1.90 bits per heavy atom. The number of benzene rings is 1. The van der Waals surface area contributed by atoms with Crippen molar-refractivity contribution in [1.82, 2.24) is 15.5 Å².